The molecule has 5 amide bonds. The third-order valence-electron chi connectivity index (χ3n) is 9.58. The van der Waals surface area contributed by atoms with Crippen LogP contribution in [0, 0.1) is 0 Å². The van der Waals surface area contributed by atoms with Crippen molar-refractivity contribution in [2.24, 2.45) is 0 Å². The molecule has 7 N–H and O–H groups in total. The second-order valence-corrected chi connectivity index (χ2v) is 16.6. The van der Waals surface area contributed by atoms with Crippen LogP contribution in [0.15, 0.2) is 121 Å². The zero-order valence-electron chi connectivity index (χ0n) is 32.1. The van der Waals surface area contributed by atoms with Gasteiger partial charge in [0.05, 0.1) is 0 Å². The number of fused-ring (bicyclic) bond motifs is 16. The van der Waals surface area contributed by atoms with E-state index in [4.69, 9.17) is 4.74 Å². The minimum absolute atomic E-state index is 0.0301. The van der Waals surface area contributed by atoms with Gasteiger partial charge in [0.15, 0.2) is 6.61 Å². The molecule has 0 radical (unpaired) electrons. The lowest BCUT2D eigenvalue weighted by Crippen LogP contribution is -2.59. The highest BCUT2D eigenvalue weighted by molar-refractivity contribution is 7.85. The summed E-state index contributed by atoms with van der Waals surface area (Å²) in [6, 6.07) is 27.6. The van der Waals surface area contributed by atoms with Gasteiger partial charge in [-0.2, -0.15) is 8.42 Å². The summed E-state index contributed by atoms with van der Waals surface area (Å²) in [5.74, 6) is -4.70. The lowest BCUT2D eigenvalue weighted by Gasteiger charge is -2.27. The van der Waals surface area contributed by atoms with Crippen LogP contribution in [0.3, 0.4) is 0 Å². The molecule has 312 valence electrons. The lowest BCUT2D eigenvalue weighted by atomic mass is 9.99. The summed E-state index contributed by atoms with van der Waals surface area (Å²) < 4.78 is 38.0. The predicted molar refractivity (Wildman–Crippen MR) is 223 cm³/mol. The van der Waals surface area contributed by atoms with Crippen LogP contribution in [0.5, 0.6) is 11.5 Å². The van der Waals surface area contributed by atoms with E-state index < -0.39 is 76.3 Å². The van der Waals surface area contributed by atoms with Gasteiger partial charge >= 0.3 is 0 Å². The third kappa shape index (κ3) is 12.7. The van der Waals surface area contributed by atoms with Crippen LogP contribution in [0.2, 0.25) is 0 Å². The Morgan fingerprint density at radius 1 is 0.683 bits per heavy atom. The predicted octanol–water partition coefficient (Wildman–Crippen LogP) is 2.68. The molecule has 4 atom stereocenters. The van der Waals surface area contributed by atoms with E-state index in [1.165, 1.54) is 35.6 Å². The number of thiophene rings is 1. The highest BCUT2D eigenvalue weighted by Crippen LogP contribution is 2.21. The topological polar surface area (TPSA) is 229 Å². The average Bonchev–Trinajstić information content (AvgIpc) is 3.75. The van der Waals surface area contributed by atoms with Gasteiger partial charge in [0.1, 0.15) is 41.5 Å². The number of amides is 5. The van der Waals surface area contributed by atoms with E-state index in [-0.39, 0.29) is 37.2 Å². The van der Waals surface area contributed by atoms with E-state index in [1.807, 2.05) is 72.1 Å². The Labute approximate surface area is 350 Å². The number of rotatable bonds is 10. The van der Waals surface area contributed by atoms with Gasteiger partial charge in [-0.05, 0) is 63.5 Å². The van der Waals surface area contributed by atoms with E-state index in [0.717, 1.165) is 16.0 Å². The molecule has 0 fully saturated rings. The first-order valence-corrected chi connectivity index (χ1v) is 21.4. The zero-order valence-corrected chi connectivity index (χ0v) is 33.7. The fourth-order valence-electron chi connectivity index (χ4n) is 6.48. The molecule has 0 unspecified atom stereocenters. The van der Waals surface area contributed by atoms with Crippen molar-refractivity contribution in [1.29, 1.82) is 0 Å². The first-order chi connectivity index (χ1) is 28.8. The van der Waals surface area contributed by atoms with Crippen LogP contribution in [-0.2, 0) is 59.8 Å². The number of aromatic hydroxyl groups is 1. The second-order valence-electron chi connectivity index (χ2n) is 14.1. The van der Waals surface area contributed by atoms with Crippen LogP contribution < -0.4 is 31.3 Å². The van der Waals surface area contributed by atoms with Gasteiger partial charge in [-0.1, -0.05) is 84.9 Å². The molecule has 1 aromatic heterocycles. The van der Waals surface area contributed by atoms with Crippen molar-refractivity contribution in [3.05, 3.63) is 142 Å². The monoisotopic (exact) mass is 853 g/mol. The zero-order chi connectivity index (χ0) is 42.6. The summed E-state index contributed by atoms with van der Waals surface area (Å²) in [5, 5.41) is 24.8. The van der Waals surface area contributed by atoms with Crippen molar-refractivity contribution in [3.8, 4) is 22.6 Å². The molecular weight excluding hydrogens is 811 g/mol. The van der Waals surface area contributed by atoms with Gasteiger partial charge in [-0.3, -0.25) is 28.5 Å². The number of ether oxygens (including phenoxy) is 1. The number of carbonyl (C=O) groups excluding carboxylic acids is 5. The van der Waals surface area contributed by atoms with E-state index in [9.17, 15) is 42.0 Å². The molecule has 0 saturated heterocycles. The Bertz CT molecular complexity index is 2380. The number of hydrogen-bond acceptors (Lipinski definition) is 10. The van der Waals surface area contributed by atoms with Gasteiger partial charge in [0.2, 0.25) is 23.6 Å². The Morgan fingerprint density at radius 3 is 1.83 bits per heavy atom. The molecule has 2 aliphatic rings. The van der Waals surface area contributed by atoms with Crippen molar-refractivity contribution in [2.75, 3.05) is 12.5 Å². The van der Waals surface area contributed by atoms with Crippen LogP contribution in [0.1, 0.15) is 21.6 Å². The highest BCUT2D eigenvalue weighted by atomic mass is 32.2. The van der Waals surface area contributed by atoms with Crippen molar-refractivity contribution < 1.29 is 46.8 Å². The average molecular weight is 854 g/mol. The molecule has 15 nitrogen and oxygen atoms in total. The first-order valence-electron chi connectivity index (χ1n) is 18.9. The molecule has 2 bridgehead atoms. The van der Waals surface area contributed by atoms with Crippen molar-refractivity contribution >= 4 is 51.0 Å². The van der Waals surface area contributed by atoms with Crippen LogP contribution >= 0.6 is 11.3 Å². The van der Waals surface area contributed by atoms with Gasteiger partial charge < -0.3 is 36.4 Å². The summed E-state index contributed by atoms with van der Waals surface area (Å²) in [6.45, 7) is -0.457. The second kappa shape index (κ2) is 19.9. The maximum atomic E-state index is 14.5. The summed E-state index contributed by atoms with van der Waals surface area (Å²) >= 11 is 1.39. The molecule has 4 aromatic carbocycles. The van der Waals surface area contributed by atoms with Crippen molar-refractivity contribution in [1.82, 2.24) is 26.6 Å². The number of phenols is 1. The molecule has 7 rings (SSSR count). The number of carbonyl (C=O) groups is 5. The summed E-state index contributed by atoms with van der Waals surface area (Å²) in [5.41, 5.74) is 3.58. The minimum atomic E-state index is -4.63. The minimum Gasteiger partial charge on any atom is -0.508 e. The maximum Gasteiger partial charge on any atom is 0.283 e. The fraction of sp³-hybridized carbons (Fsp3) is 0.233. The standard InChI is InChI=1S/C43H43N5O10S2/c49-32-16-10-28(11-17-32)23-37-41(52)46-35(40(51)44-26-60(55,56)57)21-29-12-18-33(19-13-29)58-25-39(50)45-38(24-34-7-4-20-59-34)43(54)48-36(42(53)47-37)22-27-8-14-31(15-9-27)30-5-2-1-3-6-30/h1-20,35-38,49H,21-26H2,(H,44,51)(H,45,50)(H,46,52)(H,47,53)(H,48,54)(H,55,56,57)/t35-,36+,37-,38-/m0/s1. The van der Waals surface area contributed by atoms with E-state index in [1.54, 1.807) is 24.3 Å². The number of phenolic OH excluding ortho intramolecular Hbond substituents is 1. The Morgan fingerprint density at radius 2 is 1.25 bits per heavy atom. The normalized spacial score (nSPS) is 19.3. The Kier molecular flexibility index (Phi) is 14.3. The quantitative estimate of drug-likeness (QED) is 0.0803. The summed E-state index contributed by atoms with van der Waals surface area (Å²) in [4.78, 5) is 70.3. The third-order valence-corrected chi connectivity index (χ3v) is 11.0. The van der Waals surface area contributed by atoms with Crippen molar-refractivity contribution in [3.63, 3.8) is 0 Å². The van der Waals surface area contributed by atoms with Crippen molar-refractivity contribution in [2.45, 2.75) is 49.9 Å². The number of nitrogens with one attached hydrogen (secondary N) is 5. The van der Waals surface area contributed by atoms with E-state index in [0.29, 0.717) is 16.7 Å². The molecule has 5 aromatic rings. The summed E-state index contributed by atoms with van der Waals surface area (Å²) in [6.07, 6.45) is -0.215. The van der Waals surface area contributed by atoms with Gasteiger partial charge in [0, 0.05) is 30.6 Å². The Hall–Kier alpha value is -6.56. The van der Waals surface area contributed by atoms with Crippen LogP contribution in [0.25, 0.3) is 11.1 Å². The number of hydrogen-bond donors (Lipinski definition) is 7. The van der Waals surface area contributed by atoms with E-state index >= 15 is 0 Å². The molecule has 0 saturated carbocycles. The maximum absolute atomic E-state index is 14.5. The largest absolute Gasteiger partial charge is 0.508 e. The molecule has 0 spiro atoms. The molecule has 3 heterocycles. The van der Waals surface area contributed by atoms with Gasteiger partial charge in [0.25, 0.3) is 16.0 Å². The molecule has 0 aliphatic carbocycles. The molecule has 17 heteroatoms. The highest BCUT2D eigenvalue weighted by Gasteiger charge is 2.33. The lowest BCUT2D eigenvalue weighted by molar-refractivity contribution is -0.134. The molecule has 2 aliphatic heterocycles. The van der Waals surface area contributed by atoms with Gasteiger partial charge in [-0.15, -0.1) is 11.3 Å². The van der Waals surface area contributed by atoms with Crippen LogP contribution in [-0.4, -0.2) is 84.3 Å². The van der Waals surface area contributed by atoms with E-state index in [2.05, 4.69) is 26.6 Å². The fourth-order valence-corrected chi connectivity index (χ4v) is 7.56. The molecule has 60 heavy (non-hydrogen) atoms. The smallest absolute Gasteiger partial charge is 0.283 e. The number of benzene rings is 4. The summed E-state index contributed by atoms with van der Waals surface area (Å²) in [7, 11) is -4.63. The van der Waals surface area contributed by atoms with Crippen LogP contribution in [0.4, 0.5) is 0 Å². The first kappa shape index (κ1) is 43.0. The van der Waals surface area contributed by atoms with Gasteiger partial charge in [-0.25, -0.2) is 0 Å². The molecular formula is C43H43N5O10S2. The Balaban J connectivity index is 1.36. The SMILES string of the molecule is O=C1COc2ccc(cc2)C[C@@H](C(=O)NCS(=O)(=O)O)NC(=O)[C@H](Cc2ccc(O)cc2)NC(=O)[C@@H](Cc2ccc(-c3ccccc3)cc2)NC(=O)[C@H](Cc2cccs2)N1.